The Morgan fingerprint density at radius 3 is 2.13 bits per heavy atom. The van der Waals surface area contributed by atoms with Crippen molar-refractivity contribution >= 4 is 5.78 Å². The number of rotatable bonds is 4. The van der Waals surface area contributed by atoms with Gasteiger partial charge in [-0.15, -0.1) is 0 Å². The van der Waals surface area contributed by atoms with Gasteiger partial charge in [-0.25, -0.2) is 0 Å². The monoisotopic (exact) mass is 318 g/mol. The summed E-state index contributed by atoms with van der Waals surface area (Å²) >= 11 is 0. The zero-order valence-electron chi connectivity index (χ0n) is 14.9. The molecule has 126 valence electrons. The molecule has 1 aliphatic rings. The number of aryl methyl sites for hydroxylation is 1. The molecule has 0 bridgehead atoms. The summed E-state index contributed by atoms with van der Waals surface area (Å²) in [6, 6.07) is 0. The van der Waals surface area contributed by atoms with E-state index in [-0.39, 0.29) is 23.2 Å². The molecule has 0 saturated carbocycles. The molecule has 0 radical (unpaired) electrons. The van der Waals surface area contributed by atoms with E-state index in [0.29, 0.717) is 47.5 Å². The second kappa shape index (κ2) is 6.73. The predicted octanol–water partition coefficient (Wildman–Crippen LogP) is 3.65. The van der Waals surface area contributed by atoms with Crippen molar-refractivity contribution in [1.29, 1.82) is 0 Å². The van der Waals surface area contributed by atoms with Crippen LogP contribution in [0.15, 0.2) is 20.5 Å². The van der Waals surface area contributed by atoms with Crippen molar-refractivity contribution in [3.05, 3.63) is 44.2 Å². The first-order chi connectivity index (χ1) is 10.8. The van der Waals surface area contributed by atoms with Crippen molar-refractivity contribution < 1.29 is 13.9 Å². The highest BCUT2D eigenvalue weighted by molar-refractivity contribution is 5.97. The van der Waals surface area contributed by atoms with Crippen molar-refractivity contribution in [2.45, 2.75) is 66.9 Å². The van der Waals surface area contributed by atoms with Crippen molar-refractivity contribution in [2.75, 3.05) is 0 Å². The highest BCUT2D eigenvalue weighted by atomic mass is 16.5. The molecular formula is C19H26O4. The van der Waals surface area contributed by atoms with Crippen molar-refractivity contribution in [2.24, 2.45) is 5.92 Å². The fourth-order valence-electron chi connectivity index (χ4n) is 3.14. The van der Waals surface area contributed by atoms with E-state index in [2.05, 4.69) is 0 Å². The number of allylic oxidation sites excluding steroid dienone is 2. The van der Waals surface area contributed by atoms with E-state index in [9.17, 15) is 9.59 Å². The van der Waals surface area contributed by atoms with Gasteiger partial charge in [-0.05, 0) is 20.8 Å². The van der Waals surface area contributed by atoms with Gasteiger partial charge in [0, 0.05) is 36.0 Å². The third kappa shape index (κ3) is 3.12. The SMILES string of the molecule is CCC1=C(C)C(=O)[C@H](C)[C@@H](Cc2oc(CC)c(C)c(=O)c2C)O1. The molecule has 0 saturated heterocycles. The Hall–Kier alpha value is -1.84. The van der Waals surface area contributed by atoms with E-state index in [1.54, 1.807) is 13.8 Å². The molecule has 0 amide bonds. The highest BCUT2D eigenvalue weighted by Gasteiger charge is 2.34. The molecule has 1 aromatic rings. The average Bonchev–Trinajstić information content (AvgIpc) is 2.55. The molecular weight excluding hydrogens is 292 g/mol. The Morgan fingerprint density at radius 2 is 1.57 bits per heavy atom. The topological polar surface area (TPSA) is 56.5 Å². The highest BCUT2D eigenvalue weighted by Crippen LogP contribution is 2.30. The van der Waals surface area contributed by atoms with Crippen LogP contribution in [0.1, 0.15) is 56.8 Å². The Bertz CT molecular complexity index is 709. The van der Waals surface area contributed by atoms with Crippen molar-refractivity contribution in [3.63, 3.8) is 0 Å². The molecule has 0 N–H and O–H groups in total. The normalized spacial score (nSPS) is 21.6. The first-order valence-electron chi connectivity index (χ1n) is 8.34. The second-order valence-corrected chi connectivity index (χ2v) is 6.30. The summed E-state index contributed by atoms with van der Waals surface area (Å²) < 4.78 is 12.0. The summed E-state index contributed by atoms with van der Waals surface area (Å²) in [7, 11) is 0. The Labute approximate surface area is 137 Å². The smallest absolute Gasteiger partial charge is 0.191 e. The summed E-state index contributed by atoms with van der Waals surface area (Å²) in [5.74, 6) is 1.99. The van der Waals surface area contributed by atoms with Crippen LogP contribution >= 0.6 is 0 Å². The van der Waals surface area contributed by atoms with Crippen LogP contribution < -0.4 is 5.43 Å². The van der Waals surface area contributed by atoms with Crippen molar-refractivity contribution in [1.82, 2.24) is 0 Å². The van der Waals surface area contributed by atoms with Gasteiger partial charge in [0.1, 0.15) is 23.4 Å². The zero-order valence-corrected chi connectivity index (χ0v) is 14.9. The fraction of sp³-hybridized carbons (Fsp3) is 0.579. The van der Waals surface area contributed by atoms with E-state index in [0.717, 1.165) is 5.76 Å². The van der Waals surface area contributed by atoms with Gasteiger partial charge in [0.15, 0.2) is 11.2 Å². The predicted molar refractivity (Wildman–Crippen MR) is 89.6 cm³/mol. The molecule has 4 heteroatoms. The van der Waals surface area contributed by atoms with Gasteiger partial charge in [0.25, 0.3) is 0 Å². The maximum atomic E-state index is 12.4. The van der Waals surface area contributed by atoms with Crippen LogP contribution in [-0.2, 0) is 22.4 Å². The lowest BCUT2D eigenvalue weighted by molar-refractivity contribution is -0.125. The Balaban J connectivity index is 2.38. The Morgan fingerprint density at radius 1 is 0.957 bits per heavy atom. The molecule has 23 heavy (non-hydrogen) atoms. The van der Waals surface area contributed by atoms with Crippen LogP contribution in [0.5, 0.6) is 0 Å². The minimum atomic E-state index is -0.282. The summed E-state index contributed by atoms with van der Waals surface area (Å²) in [4.78, 5) is 24.7. The van der Waals surface area contributed by atoms with Crippen LogP contribution in [0, 0.1) is 19.8 Å². The molecule has 2 atom stereocenters. The fourth-order valence-corrected chi connectivity index (χ4v) is 3.14. The minimum absolute atomic E-state index is 0.0281. The largest absolute Gasteiger partial charge is 0.493 e. The van der Waals surface area contributed by atoms with Gasteiger partial charge >= 0.3 is 0 Å². The number of ether oxygens (including phenoxy) is 1. The number of hydrogen-bond donors (Lipinski definition) is 0. The van der Waals surface area contributed by atoms with Gasteiger partial charge in [-0.2, -0.15) is 0 Å². The molecule has 2 heterocycles. The van der Waals surface area contributed by atoms with Crippen LogP contribution in [0.3, 0.4) is 0 Å². The van der Waals surface area contributed by atoms with E-state index >= 15 is 0 Å². The van der Waals surface area contributed by atoms with Crippen LogP contribution in [0.4, 0.5) is 0 Å². The van der Waals surface area contributed by atoms with Gasteiger partial charge in [0.2, 0.25) is 0 Å². The first kappa shape index (κ1) is 17.5. The van der Waals surface area contributed by atoms with Crippen LogP contribution in [-0.4, -0.2) is 11.9 Å². The molecule has 0 fully saturated rings. The number of ketones is 1. The van der Waals surface area contributed by atoms with Gasteiger partial charge < -0.3 is 9.15 Å². The van der Waals surface area contributed by atoms with Crippen LogP contribution in [0.2, 0.25) is 0 Å². The lowest BCUT2D eigenvalue weighted by Crippen LogP contribution is -2.36. The molecule has 0 spiro atoms. The third-order valence-electron chi connectivity index (χ3n) is 4.85. The van der Waals surface area contributed by atoms with Gasteiger partial charge in [-0.3, -0.25) is 9.59 Å². The van der Waals surface area contributed by atoms with Gasteiger partial charge in [-0.1, -0.05) is 20.8 Å². The summed E-state index contributed by atoms with van der Waals surface area (Å²) in [6.07, 6.45) is 1.53. The molecule has 0 unspecified atom stereocenters. The first-order valence-corrected chi connectivity index (χ1v) is 8.34. The number of carbonyl (C=O) groups excluding carboxylic acids is 1. The molecule has 1 aromatic heterocycles. The summed E-state index contributed by atoms with van der Waals surface area (Å²) in [6.45, 7) is 11.2. The number of hydrogen-bond acceptors (Lipinski definition) is 4. The molecule has 4 nitrogen and oxygen atoms in total. The van der Waals surface area contributed by atoms with E-state index in [1.807, 2.05) is 27.7 Å². The van der Waals surface area contributed by atoms with E-state index in [4.69, 9.17) is 9.15 Å². The van der Waals surface area contributed by atoms with E-state index in [1.165, 1.54) is 0 Å². The zero-order chi connectivity index (χ0) is 17.3. The Kier molecular flexibility index (Phi) is 5.12. The number of Topliss-reactive ketones (excluding diaryl/α,β-unsaturated/α-hetero) is 1. The molecule has 0 aromatic carbocycles. The van der Waals surface area contributed by atoms with Crippen LogP contribution in [0.25, 0.3) is 0 Å². The second-order valence-electron chi connectivity index (χ2n) is 6.30. The summed E-state index contributed by atoms with van der Waals surface area (Å²) in [5.41, 5.74) is 2.03. The maximum absolute atomic E-state index is 12.4. The summed E-state index contributed by atoms with van der Waals surface area (Å²) in [5, 5.41) is 0. The number of carbonyl (C=O) groups is 1. The maximum Gasteiger partial charge on any atom is 0.191 e. The average molecular weight is 318 g/mol. The lowest BCUT2D eigenvalue weighted by atomic mass is 9.88. The minimum Gasteiger partial charge on any atom is -0.493 e. The quantitative estimate of drug-likeness (QED) is 0.850. The van der Waals surface area contributed by atoms with Crippen molar-refractivity contribution in [3.8, 4) is 0 Å². The molecule has 1 aliphatic heterocycles. The molecule has 0 aliphatic carbocycles. The van der Waals surface area contributed by atoms with E-state index < -0.39 is 0 Å². The standard InChI is InChI=1S/C19H26O4/c1-7-14-10(3)18(20)12(5)16(22-14)9-17-13(6)19(21)11(4)15(8-2)23-17/h12,16H,7-9H2,1-6H3/t12-,16-/m1/s1. The lowest BCUT2D eigenvalue weighted by Gasteiger charge is -2.31. The third-order valence-corrected chi connectivity index (χ3v) is 4.85. The van der Waals surface area contributed by atoms with Gasteiger partial charge in [0.05, 0.1) is 5.92 Å². The molecule has 2 rings (SSSR count).